The molecule has 0 unspecified atom stereocenters. The molecule has 0 aliphatic rings. The van der Waals surface area contributed by atoms with Gasteiger partial charge in [-0.2, -0.15) is 0 Å². The molecule has 4 aromatic rings. The molecule has 1 amide bonds. The molecule has 0 aliphatic heterocycles. The van der Waals surface area contributed by atoms with E-state index in [1.165, 1.54) is 35.6 Å². The van der Waals surface area contributed by atoms with E-state index >= 15 is 0 Å². The number of hydrogen-bond acceptors (Lipinski definition) is 4. The number of thiazole rings is 1. The zero-order valence-corrected chi connectivity index (χ0v) is 13.8. The fourth-order valence-electron chi connectivity index (χ4n) is 2.55. The topological polar surface area (TPSA) is 51.2 Å². The van der Waals surface area contributed by atoms with Crippen molar-refractivity contribution in [2.24, 2.45) is 0 Å². The van der Waals surface area contributed by atoms with Gasteiger partial charge < -0.3 is 4.74 Å². The van der Waals surface area contributed by atoms with Crippen molar-refractivity contribution in [2.75, 3.05) is 11.9 Å². The number of halogens is 1. The molecule has 6 heteroatoms. The largest absolute Gasteiger partial charge is 0.484 e. The summed E-state index contributed by atoms with van der Waals surface area (Å²) in [7, 11) is 0. The zero-order valence-electron chi connectivity index (χ0n) is 13.0. The van der Waals surface area contributed by atoms with Crippen LogP contribution in [0.15, 0.2) is 60.7 Å². The van der Waals surface area contributed by atoms with E-state index in [1.54, 1.807) is 0 Å². The van der Waals surface area contributed by atoms with Crippen LogP contribution in [-0.4, -0.2) is 17.5 Å². The molecule has 0 saturated carbocycles. The lowest BCUT2D eigenvalue weighted by atomic mass is 10.1. The van der Waals surface area contributed by atoms with E-state index in [0.29, 0.717) is 10.9 Å². The Hall–Kier alpha value is -2.99. The van der Waals surface area contributed by atoms with Gasteiger partial charge in [-0.05, 0) is 35.7 Å². The summed E-state index contributed by atoms with van der Waals surface area (Å²) in [5.74, 6) is -0.224. The molecule has 124 valence electrons. The minimum Gasteiger partial charge on any atom is -0.484 e. The lowest BCUT2D eigenvalue weighted by Crippen LogP contribution is -2.19. The van der Waals surface area contributed by atoms with Crippen LogP contribution in [-0.2, 0) is 4.79 Å². The van der Waals surface area contributed by atoms with Crippen LogP contribution >= 0.6 is 11.3 Å². The molecule has 4 nitrogen and oxygen atoms in total. The van der Waals surface area contributed by atoms with Gasteiger partial charge in [0.05, 0.1) is 10.2 Å². The summed E-state index contributed by atoms with van der Waals surface area (Å²) in [4.78, 5) is 16.6. The van der Waals surface area contributed by atoms with E-state index in [0.717, 1.165) is 21.0 Å². The number of fused-ring (bicyclic) bond motifs is 3. The highest BCUT2D eigenvalue weighted by molar-refractivity contribution is 7.22. The first-order valence-corrected chi connectivity index (χ1v) is 8.47. The SMILES string of the molecule is O=C(COc1ccc(F)cc1)Nc1nc2c(ccc3ccccc32)s1. The Balaban J connectivity index is 1.49. The maximum absolute atomic E-state index is 12.8. The second-order valence-corrected chi connectivity index (χ2v) is 6.47. The zero-order chi connectivity index (χ0) is 17.2. The lowest BCUT2D eigenvalue weighted by Gasteiger charge is -2.05. The number of aromatic nitrogens is 1. The lowest BCUT2D eigenvalue weighted by molar-refractivity contribution is -0.118. The number of carbonyl (C=O) groups is 1. The molecule has 1 N–H and O–H groups in total. The number of ether oxygens (including phenoxy) is 1. The predicted molar refractivity (Wildman–Crippen MR) is 97.7 cm³/mol. The van der Waals surface area contributed by atoms with Crippen molar-refractivity contribution in [2.45, 2.75) is 0 Å². The molecule has 0 aliphatic carbocycles. The molecule has 0 atom stereocenters. The number of rotatable bonds is 4. The highest BCUT2D eigenvalue weighted by Crippen LogP contribution is 2.31. The second kappa shape index (κ2) is 6.49. The van der Waals surface area contributed by atoms with Gasteiger partial charge in [0.25, 0.3) is 5.91 Å². The van der Waals surface area contributed by atoms with Gasteiger partial charge in [-0.15, -0.1) is 0 Å². The van der Waals surface area contributed by atoms with E-state index < -0.39 is 0 Å². The third kappa shape index (κ3) is 3.29. The van der Waals surface area contributed by atoms with Crippen LogP contribution in [0.1, 0.15) is 0 Å². The molecule has 3 aromatic carbocycles. The number of nitrogens with one attached hydrogen (secondary N) is 1. The normalized spacial score (nSPS) is 10.9. The molecule has 1 aromatic heterocycles. The number of amides is 1. The predicted octanol–water partition coefficient (Wildman–Crippen LogP) is 4.61. The maximum atomic E-state index is 12.8. The average molecular weight is 352 g/mol. The van der Waals surface area contributed by atoms with Crippen LogP contribution in [0.25, 0.3) is 21.0 Å². The van der Waals surface area contributed by atoms with E-state index in [-0.39, 0.29) is 18.3 Å². The van der Waals surface area contributed by atoms with E-state index in [2.05, 4.69) is 10.3 Å². The van der Waals surface area contributed by atoms with Gasteiger partial charge >= 0.3 is 0 Å². The van der Waals surface area contributed by atoms with Crippen LogP contribution in [0.5, 0.6) is 5.75 Å². The first kappa shape index (κ1) is 15.5. The van der Waals surface area contributed by atoms with E-state index in [4.69, 9.17) is 4.74 Å². The Bertz CT molecular complexity index is 1060. The van der Waals surface area contributed by atoms with Crippen molar-refractivity contribution in [3.8, 4) is 5.75 Å². The highest BCUT2D eigenvalue weighted by atomic mass is 32.1. The standard InChI is InChI=1S/C19H13FN2O2S/c20-13-6-8-14(9-7-13)24-11-17(23)21-19-22-18-15-4-2-1-3-12(15)5-10-16(18)25-19/h1-10H,11H2,(H,21,22,23). The summed E-state index contributed by atoms with van der Waals surface area (Å²) in [5.41, 5.74) is 0.873. The fourth-order valence-corrected chi connectivity index (χ4v) is 3.45. The first-order chi connectivity index (χ1) is 12.2. The van der Waals surface area contributed by atoms with Gasteiger partial charge in [-0.3, -0.25) is 10.1 Å². The Morgan fingerprint density at radius 1 is 1.08 bits per heavy atom. The number of anilines is 1. The third-order valence-electron chi connectivity index (χ3n) is 3.71. The number of benzene rings is 3. The van der Waals surface area contributed by atoms with Crippen molar-refractivity contribution in [3.63, 3.8) is 0 Å². The fraction of sp³-hybridized carbons (Fsp3) is 0.0526. The summed E-state index contributed by atoms with van der Waals surface area (Å²) in [6, 6.07) is 17.6. The molecular formula is C19H13FN2O2S. The number of hydrogen-bond donors (Lipinski definition) is 1. The number of carbonyl (C=O) groups excluding carboxylic acids is 1. The Morgan fingerprint density at radius 3 is 2.72 bits per heavy atom. The summed E-state index contributed by atoms with van der Waals surface area (Å²) >= 11 is 1.42. The molecule has 4 rings (SSSR count). The summed E-state index contributed by atoms with van der Waals surface area (Å²) in [5, 5.41) is 5.44. The average Bonchev–Trinajstić information content (AvgIpc) is 3.04. The second-order valence-electron chi connectivity index (χ2n) is 5.44. The van der Waals surface area contributed by atoms with Crippen molar-refractivity contribution in [1.82, 2.24) is 4.98 Å². The van der Waals surface area contributed by atoms with Crippen LogP contribution in [0.3, 0.4) is 0 Å². The van der Waals surface area contributed by atoms with Gasteiger partial charge in [0, 0.05) is 5.39 Å². The van der Waals surface area contributed by atoms with Gasteiger partial charge in [-0.25, -0.2) is 9.37 Å². The van der Waals surface area contributed by atoms with Gasteiger partial charge in [-0.1, -0.05) is 41.7 Å². The maximum Gasteiger partial charge on any atom is 0.264 e. The molecule has 1 heterocycles. The first-order valence-electron chi connectivity index (χ1n) is 7.65. The summed E-state index contributed by atoms with van der Waals surface area (Å²) < 4.78 is 19.2. The monoisotopic (exact) mass is 352 g/mol. The van der Waals surface area contributed by atoms with Crippen LogP contribution < -0.4 is 10.1 Å². The van der Waals surface area contributed by atoms with Crippen molar-refractivity contribution in [3.05, 3.63) is 66.5 Å². The molecule has 0 spiro atoms. The Labute approximate surface area is 146 Å². The minimum atomic E-state index is -0.349. The quantitative estimate of drug-likeness (QED) is 0.584. The third-order valence-corrected chi connectivity index (χ3v) is 4.65. The molecular weight excluding hydrogens is 339 g/mol. The molecule has 0 radical (unpaired) electrons. The minimum absolute atomic E-state index is 0.164. The Morgan fingerprint density at radius 2 is 1.88 bits per heavy atom. The summed E-state index contributed by atoms with van der Waals surface area (Å²) in [6.45, 7) is -0.164. The van der Waals surface area contributed by atoms with Crippen molar-refractivity contribution >= 4 is 43.4 Å². The summed E-state index contributed by atoms with van der Waals surface area (Å²) in [6.07, 6.45) is 0. The van der Waals surface area contributed by atoms with Gasteiger partial charge in [0.2, 0.25) is 0 Å². The molecule has 0 saturated heterocycles. The molecule has 0 bridgehead atoms. The van der Waals surface area contributed by atoms with E-state index in [9.17, 15) is 9.18 Å². The van der Waals surface area contributed by atoms with Crippen LogP contribution in [0.2, 0.25) is 0 Å². The van der Waals surface area contributed by atoms with Crippen LogP contribution in [0, 0.1) is 5.82 Å². The van der Waals surface area contributed by atoms with Crippen LogP contribution in [0.4, 0.5) is 9.52 Å². The Kier molecular flexibility index (Phi) is 4.03. The van der Waals surface area contributed by atoms with E-state index in [1.807, 2.05) is 36.4 Å². The van der Waals surface area contributed by atoms with Gasteiger partial charge in [0.15, 0.2) is 11.7 Å². The molecule has 25 heavy (non-hydrogen) atoms. The van der Waals surface area contributed by atoms with Crippen molar-refractivity contribution in [1.29, 1.82) is 0 Å². The smallest absolute Gasteiger partial charge is 0.264 e. The van der Waals surface area contributed by atoms with Crippen molar-refractivity contribution < 1.29 is 13.9 Å². The number of nitrogens with zero attached hydrogens (tertiary/aromatic N) is 1. The van der Waals surface area contributed by atoms with Gasteiger partial charge in [0.1, 0.15) is 11.6 Å². The highest BCUT2D eigenvalue weighted by Gasteiger charge is 2.10. The molecule has 0 fully saturated rings.